The fraction of sp³-hybridized carbons (Fsp3) is 0.278. The number of methoxy groups -OCH3 is 2. The highest BCUT2D eigenvalue weighted by atomic mass is 32.2. The van der Waals surface area contributed by atoms with Crippen LogP contribution in [0.4, 0.5) is 0 Å². The maximum Gasteiger partial charge on any atom is 0.253 e. The lowest BCUT2D eigenvalue weighted by atomic mass is 10.1. The first kappa shape index (κ1) is 19.7. The van der Waals surface area contributed by atoms with Gasteiger partial charge >= 0.3 is 0 Å². The first-order chi connectivity index (χ1) is 12.3. The van der Waals surface area contributed by atoms with Crippen LogP contribution in [0.25, 0.3) is 0 Å². The lowest BCUT2D eigenvalue weighted by Crippen LogP contribution is -2.26. The number of amides is 1. The average Bonchev–Trinajstić information content (AvgIpc) is 2.67. The Morgan fingerprint density at radius 2 is 1.73 bits per heavy atom. The summed E-state index contributed by atoms with van der Waals surface area (Å²) >= 11 is 0. The maximum atomic E-state index is 12.6. The molecule has 1 amide bonds. The Labute approximate surface area is 153 Å². The highest BCUT2D eigenvalue weighted by Crippen LogP contribution is 2.31. The molecule has 0 aliphatic heterocycles. The standard InChI is InChI=1S/C18H22N2O5S/c1-19-26(22,23)15-10-8-13(9-11-15)18(21)20(2)12-14-6-5-7-16(24-3)17(14)25-4/h5-11,19H,12H2,1-4H3. The molecule has 0 atom stereocenters. The molecule has 0 saturated heterocycles. The molecule has 0 aliphatic carbocycles. The van der Waals surface area contributed by atoms with Crippen molar-refractivity contribution in [2.45, 2.75) is 11.4 Å². The number of para-hydroxylation sites is 1. The van der Waals surface area contributed by atoms with E-state index in [2.05, 4.69) is 4.72 Å². The zero-order valence-electron chi connectivity index (χ0n) is 15.1. The number of carbonyl (C=O) groups excluding carboxylic acids is 1. The lowest BCUT2D eigenvalue weighted by molar-refractivity contribution is 0.0784. The number of nitrogens with zero attached hydrogens (tertiary/aromatic N) is 1. The van der Waals surface area contributed by atoms with Gasteiger partial charge < -0.3 is 14.4 Å². The van der Waals surface area contributed by atoms with E-state index in [-0.39, 0.29) is 10.8 Å². The van der Waals surface area contributed by atoms with Crippen molar-refractivity contribution < 1.29 is 22.7 Å². The zero-order valence-corrected chi connectivity index (χ0v) is 16.0. The van der Waals surface area contributed by atoms with Gasteiger partial charge in [0.15, 0.2) is 11.5 Å². The third-order valence-corrected chi connectivity index (χ3v) is 5.35. The quantitative estimate of drug-likeness (QED) is 0.795. The molecule has 2 aromatic carbocycles. The molecule has 2 aromatic rings. The van der Waals surface area contributed by atoms with Crippen molar-refractivity contribution >= 4 is 15.9 Å². The number of benzene rings is 2. The monoisotopic (exact) mass is 378 g/mol. The number of sulfonamides is 1. The van der Waals surface area contributed by atoms with Crippen molar-refractivity contribution in [3.05, 3.63) is 53.6 Å². The van der Waals surface area contributed by atoms with Gasteiger partial charge in [-0.3, -0.25) is 4.79 Å². The van der Waals surface area contributed by atoms with Gasteiger partial charge in [0.2, 0.25) is 10.0 Å². The molecular formula is C18H22N2O5S. The third-order valence-electron chi connectivity index (χ3n) is 3.92. The van der Waals surface area contributed by atoms with Crippen molar-refractivity contribution in [3.63, 3.8) is 0 Å². The topological polar surface area (TPSA) is 84.9 Å². The van der Waals surface area contributed by atoms with Gasteiger partial charge in [0.05, 0.1) is 19.1 Å². The van der Waals surface area contributed by atoms with E-state index >= 15 is 0 Å². The average molecular weight is 378 g/mol. The van der Waals surface area contributed by atoms with Crippen LogP contribution in [0.15, 0.2) is 47.4 Å². The minimum atomic E-state index is -3.53. The van der Waals surface area contributed by atoms with Crippen LogP contribution in [-0.4, -0.2) is 47.5 Å². The lowest BCUT2D eigenvalue weighted by Gasteiger charge is -2.20. The molecule has 7 nitrogen and oxygen atoms in total. The Hall–Kier alpha value is -2.58. The molecule has 0 heterocycles. The molecule has 0 fully saturated rings. The predicted octanol–water partition coefficient (Wildman–Crippen LogP) is 1.88. The Balaban J connectivity index is 2.21. The van der Waals surface area contributed by atoms with E-state index in [1.807, 2.05) is 12.1 Å². The fourth-order valence-corrected chi connectivity index (χ4v) is 3.25. The summed E-state index contributed by atoms with van der Waals surface area (Å²) in [5, 5.41) is 0. The molecule has 2 rings (SSSR count). The normalized spacial score (nSPS) is 11.1. The number of ether oxygens (including phenoxy) is 2. The molecular weight excluding hydrogens is 356 g/mol. The van der Waals surface area contributed by atoms with Gasteiger partial charge in [0.1, 0.15) is 0 Å². The van der Waals surface area contributed by atoms with Gasteiger partial charge in [-0.05, 0) is 37.4 Å². The molecule has 0 unspecified atom stereocenters. The zero-order chi connectivity index (χ0) is 19.3. The molecule has 0 bridgehead atoms. The highest BCUT2D eigenvalue weighted by molar-refractivity contribution is 7.89. The first-order valence-electron chi connectivity index (χ1n) is 7.83. The molecule has 0 aliphatic rings. The third kappa shape index (κ3) is 4.14. The van der Waals surface area contributed by atoms with Crippen molar-refractivity contribution in [3.8, 4) is 11.5 Å². The number of nitrogens with one attached hydrogen (secondary N) is 1. The van der Waals surface area contributed by atoms with E-state index in [0.717, 1.165) is 5.56 Å². The van der Waals surface area contributed by atoms with E-state index < -0.39 is 10.0 Å². The summed E-state index contributed by atoms with van der Waals surface area (Å²) in [6.45, 7) is 0.315. The van der Waals surface area contributed by atoms with Gasteiger partial charge in [0, 0.05) is 24.7 Å². The van der Waals surface area contributed by atoms with Crippen LogP contribution in [0.2, 0.25) is 0 Å². The van der Waals surface area contributed by atoms with Crippen molar-refractivity contribution in [1.82, 2.24) is 9.62 Å². The van der Waals surface area contributed by atoms with E-state index in [1.54, 1.807) is 27.3 Å². The Morgan fingerprint density at radius 3 is 2.27 bits per heavy atom. The molecule has 0 radical (unpaired) electrons. The van der Waals surface area contributed by atoms with Gasteiger partial charge in [-0.1, -0.05) is 12.1 Å². The summed E-state index contributed by atoms with van der Waals surface area (Å²) < 4.78 is 36.4. The van der Waals surface area contributed by atoms with Crippen molar-refractivity contribution in [2.75, 3.05) is 28.3 Å². The maximum absolute atomic E-state index is 12.6. The van der Waals surface area contributed by atoms with Gasteiger partial charge in [-0.2, -0.15) is 0 Å². The van der Waals surface area contributed by atoms with Crippen molar-refractivity contribution in [1.29, 1.82) is 0 Å². The van der Waals surface area contributed by atoms with Crippen molar-refractivity contribution in [2.24, 2.45) is 0 Å². The van der Waals surface area contributed by atoms with Gasteiger partial charge in [0.25, 0.3) is 5.91 Å². The Morgan fingerprint density at radius 1 is 1.08 bits per heavy atom. The second kappa shape index (κ2) is 8.20. The summed E-state index contributed by atoms with van der Waals surface area (Å²) in [5.74, 6) is 0.931. The van der Waals surface area contributed by atoms with Crippen LogP contribution in [-0.2, 0) is 16.6 Å². The number of hydrogen-bond acceptors (Lipinski definition) is 5. The summed E-state index contributed by atoms with van der Waals surface area (Å²) in [7, 11) is 2.57. The molecule has 0 aromatic heterocycles. The summed E-state index contributed by atoms with van der Waals surface area (Å²) in [6, 6.07) is 11.3. The van der Waals surface area contributed by atoms with Crippen LogP contribution < -0.4 is 14.2 Å². The smallest absolute Gasteiger partial charge is 0.253 e. The highest BCUT2D eigenvalue weighted by Gasteiger charge is 2.17. The molecule has 0 spiro atoms. The van der Waals surface area contributed by atoms with E-state index in [4.69, 9.17) is 9.47 Å². The Kier molecular flexibility index (Phi) is 6.23. The SMILES string of the molecule is CNS(=O)(=O)c1ccc(C(=O)N(C)Cc2cccc(OC)c2OC)cc1. The first-order valence-corrected chi connectivity index (χ1v) is 9.31. The number of carbonyl (C=O) groups is 1. The van der Waals surface area contributed by atoms with Gasteiger partial charge in [-0.15, -0.1) is 0 Å². The molecule has 0 saturated carbocycles. The summed E-state index contributed by atoms with van der Waals surface area (Å²) in [4.78, 5) is 14.3. The minimum absolute atomic E-state index is 0.105. The predicted molar refractivity (Wildman–Crippen MR) is 98.0 cm³/mol. The molecule has 1 N–H and O–H groups in total. The largest absolute Gasteiger partial charge is 0.493 e. The Bertz CT molecular complexity index is 879. The fourth-order valence-electron chi connectivity index (χ4n) is 2.52. The molecule has 8 heteroatoms. The van der Waals surface area contributed by atoms with Crippen LogP contribution in [0.5, 0.6) is 11.5 Å². The van der Waals surface area contributed by atoms with E-state index in [9.17, 15) is 13.2 Å². The second-order valence-corrected chi connectivity index (χ2v) is 7.43. The van der Waals surface area contributed by atoms with Gasteiger partial charge in [-0.25, -0.2) is 13.1 Å². The number of hydrogen-bond donors (Lipinski definition) is 1. The minimum Gasteiger partial charge on any atom is -0.493 e. The van der Waals surface area contributed by atoms with E-state index in [1.165, 1.54) is 36.2 Å². The number of rotatable bonds is 7. The van der Waals surface area contributed by atoms with Crippen LogP contribution in [0, 0.1) is 0 Å². The second-order valence-electron chi connectivity index (χ2n) is 5.55. The molecule has 140 valence electrons. The summed E-state index contributed by atoms with van der Waals surface area (Å²) in [5.41, 5.74) is 1.20. The van der Waals surface area contributed by atoms with Crippen LogP contribution in [0.1, 0.15) is 15.9 Å². The van der Waals surface area contributed by atoms with E-state index in [0.29, 0.717) is 23.6 Å². The van der Waals surface area contributed by atoms with Crippen LogP contribution >= 0.6 is 0 Å². The summed E-state index contributed by atoms with van der Waals surface area (Å²) in [6.07, 6.45) is 0. The van der Waals surface area contributed by atoms with Crippen LogP contribution in [0.3, 0.4) is 0 Å². The molecule has 26 heavy (non-hydrogen) atoms.